The summed E-state index contributed by atoms with van der Waals surface area (Å²) in [5, 5.41) is 0.949. The third-order valence-corrected chi connectivity index (χ3v) is 2.42. The van der Waals surface area contributed by atoms with Gasteiger partial charge < -0.3 is 4.74 Å². The van der Waals surface area contributed by atoms with Gasteiger partial charge >= 0.3 is 0 Å². The Kier molecular flexibility index (Phi) is 2.57. The molecular formula is C13H8FN3O. The molecule has 2 aromatic heterocycles. The van der Waals surface area contributed by atoms with Crippen molar-refractivity contribution in [1.82, 2.24) is 15.0 Å². The summed E-state index contributed by atoms with van der Waals surface area (Å²) in [4.78, 5) is 11.4. The van der Waals surface area contributed by atoms with Crippen molar-refractivity contribution in [2.75, 3.05) is 0 Å². The third-order valence-electron chi connectivity index (χ3n) is 2.42. The van der Waals surface area contributed by atoms with Gasteiger partial charge in [-0.1, -0.05) is 18.2 Å². The zero-order valence-electron chi connectivity index (χ0n) is 9.25. The number of benzene rings is 1. The summed E-state index contributed by atoms with van der Waals surface area (Å²) in [5.74, 6) is 0.0556. The fourth-order valence-electron chi connectivity index (χ4n) is 1.64. The molecule has 88 valence electrons. The molecule has 0 unspecified atom stereocenters. The fraction of sp³-hybridized carbons (Fsp3) is 0. The monoisotopic (exact) mass is 241 g/mol. The molecular weight excluding hydrogens is 233 g/mol. The number of para-hydroxylation sites is 1. The lowest BCUT2D eigenvalue weighted by Crippen LogP contribution is -1.92. The van der Waals surface area contributed by atoms with Crippen LogP contribution in [-0.2, 0) is 0 Å². The molecule has 1 aromatic carbocycles. The van der Waals surface area contributed by atoms with Crippen molar-refractivity contribution in [3.05, 3.63) is 54.9 Å². The minimum absolute atomic E-state index is 0.153. The highest BCUT2D eigenvalue weighted by molar-refractivity contribution is 5.84. The van der Waals surface area contributed by atoms with Crippen LogP contribution in [0.3, 0.4) is 0 Å². The average molecular weight is 241 g/mol. The van der Waals surface area contributed by atoms with E-state index in [1.165, 1.54) is 0 Å². The van der Waals surface area contributed by atoms with Crippen LogP contribution in [0.1, 0.15) is 0 Å². The Morgan fingerprint density at radius 1 is 1.00 bits per heavy atom. The van der Waals surface area contributed by atoms with Crippen LogP contribution < -0.4 is 4.74 Å². The first-order chi connectivity index (χ1) is 8.83. The number of ether oxygens (including phenoxy) is 1. The summed E-state index contributed by atoms with van der Waals surface area (Å²) < 4.78 is 18.5. The number of aromatic nitrogens is 3. The number of hydrogen-bond acceptors (Lipinski definition) is 4. The predicted octanol–water partition coefficient (Wildman–Crippen LogP) is 2.96. The van der Waals surface area contributed by atoms with E-state index in [-0.39, 0.29) is 5.88 Å². The molecule has 3 aromatic rings. The van der Waals surface area contributed by atoms with E-state index in [1.54, 1.807) is 12.3 Å². The SMILES string of the molecule is Fc1cc(Oc2cccc3cccnc23)ncn1. The highest BCUT2D eigenvalue weighted by atomic mass is 19.1. The van der Waals surface area contributed by atoms with Crippen molar-refractivity contribution >= 4 is 10.9 Å². The fourth-order valence-corrected chi connectivity index (χ4v) is 1.64. The Hall–Kier alpha value is -2.56. The zero-order chi connectivity index (χ0) is 12.4. The van der Waals surface area contributed by atoms with Gasteiger partial charge in [-0.15, -0.1) is 0 Å². The molecule has 0 aliphatic carbocycles. The van der Waals surface area contributed by atoms with Gasteiger partial charge in [-0.05, 0) is 12.1 Å². The highest BCUT2D eigenvalue weighted by Crippen LogP contribution is 2.26. The van der Waals surface area contributed by atoms with Crippen LogP contribution in [0.4, 0.5) is 4.39 Å². The van der Waals surface area contributed by atoms with Crippen LogP contribution in [0.2, 0.25) is 0 Å². The second-order valence-electron chi connectivity index (χ2n) is 3.61. The standard InChI is InChI=1S/C13H8FN3O/c14-11-7-12(17-8-16-11)18-10-5-1-3-9-4-2-6-15-13(9)10/h1-8H. The quantitative estimate of drug-likeness (QED) is 0.647. The van der Waals surface area contributed by atoms with E-state index in [2.05, 4.69) is 15.0 Å². The van der Waals surface area contributed by atoms with Gasteiger partial charge in [0.15, 0.2) is 5.75 Å². The van der Waals surface area contributed by atoms with Gasteiger partial charge in [-0.2, -0.15) is 4.39 Å². The van der Waals surface area contributed by atoms with Crippen LogP contribution in [-0.4, -0.2) is 15.0 Å². The van der Waals surface area contributed by atoms with E-state index in [0.29, 0.717) is 11.3 Å². The number of fused-ring (bicyclic) bond motifs is 1. The van der Waals surface area contributed by atoms with E-state index in [1.807, 2.05) is 24.3 Å². The molecule has 0 atom stereocenters. The summed E-state index contributed by atoms with van der Waals surface area (Å²) in [6.45, 7) is 0. The van der Waals surface area contributed by atoms with Gasteiger partial charge in [-0.25, -0.2) is 9.97 Å². The summed E-state index contributed by atoms with van der Waals surface area (Å²) in [5.41, 5.74) is 0.707. The van der Waals surface area contributed by atoms with Crippen LogP contribution in [0.25, 0.3) is 10.9 Å². The molecule has 0 N–H and O–H groups in total. The van der Waals surface area contributed by atoms with E-state index < -0.39 is 5.95 Å². The molecule has 18 heavy (non-hydrogen) atoms. The first kappa shape index (κ1) is 10.6. The van der Waals surface area contributed by atoms with Crippen molar-refractivity contribution in [1.29, 1.82) is 0 Å². The summed E-state index contributed by atoms with van der Waals surface area (Å²) >= 11 is 0. The molecule has 0 fully saturated rings. The summed E-state index contributed by atoms with van der Waals surface area (Å²) in [6, 6.07) is 10.4. The minimum Gasteiger partial charge on any atom is -0.437 e. The zero-order valence-corrected chi connectivity index (χ0v) is 9.25. The molecule has 0 aliphatic heterocycles. The topological polar surface area (TPSA) is 47.9 Å². The number of hydrogen-bond donors (Lipinski definition) is 0. The highest BCUT2D eigenvalue weighted by Gasteiger charge is 2.05. The number of rotatable bonds is 2. The maximum atomic E-state index is 12.9. The molecule has 2 heterocycles. The van der Waals surface area contributed by atoms with Crippen molar-refractivity contribution in [2.45, 2.75) is 0 Å². The van der Waals surface area contributed by atoms with E-state index in [9.17, 15) is 4.39 Å². The van der Waals surface area contributed by atoms with Gasteiger partial charge in [0.2, 0.25) is 11.8 Å². The third kappa shape index (κ3) is 1.98. The first-order valence-electron chi connectivity index (χ1n) is 5.32. The molecule has 0 amide bonds. The molecule has 0 saturated carbocycles. The second-order valence-corrected chi connectivity index (χ2v) is 3.61. The lowest BCUT2D eigenvalue weighted by atomic mass is 10.2. The lowest BCUT2D eigenvalue weighted by Gasteiger charge is -2.06. The molecule has 0 radical (unpaired) electrons. The Bertz CT molecular complexity index is 697. The van der Waals surface area contributed by atoms with E-state index in [0.717, 1.165) is 17.8 Å². The average Bonchev–Trinajstić information content (AvgIpc) is 2.39. The Morgan fingerprint density at radius 2 is 1.89 bits per heavy atom. The normalized spacial score (nSPS) is 10.5. The Morgan fingerprint density at radius 3 is 2.78 bits per heavy atom. The predicted molar refractivity (Wildman–Crippen MR) is 63.8 cm³/mol. The number of nitrogens with zero attached hydrogens (tertiary/aromatic N) is 3. The Labute approximate surface area is 102 Å². The minimum atomic E-state index is -0.631. The molecule has 0 spiro atoms. The molecule has 0 bridgehead atoms. The smallest absolute Gasteiger partial charge is 0.225 e. The lowest BCUT2D eigenvalue weighted by molar-refractivity contribution is 0.454. The van der Waals surface area contributed by atoms with E-state index >= 15 is 0 Å². The maximum absolute atomic E-state index is 12.9. The van der Waals surface area contributed by atoms with Crippen LogP contribution in [0, 0.1) is 5.95 Å². The van der Waals surface area contributed by atoms with Gasteiger partial charge in [0.1, 0.15) is 11.8 Å². The van der Waals surface area contributed by atoms with Crippen molar-refractivity contribution in [3.63, 3.8) is 0 Å². The molecule has 3 rings (SSSR count). The van der Waals surface area contributed by atoms with E-state index in [4.69, 9.17) is 4.74 Å². The van der Waals surface area contributed by atoms with Crippen molar-refractivity contribution in [3.8, 4) is 11.6 Å². The number of pyridine rings is 1. The Balaban J connectivity index is 2.05. The molecule has 5 heteroatoms. The van der Waals surface area contributed by atoms with Gasteiger partial charge in [0, 0.05) is 11.6 Å². The first-order valence-corrected chi connectivity index (χ1v) is 5.32. The van der Waals surface area contributed by atoms with Crippen LogP contribution >= 0.6 is 0 Å². The summed E-state index contributed by atoms with van der Waals surface area (Å²) in [6.07, 6.45) is 2.79. The largest absolute Gasteiger partial charge is 0.437 e. The number of halogens is 1. The van der Waals surface area contributed by atoms with Gasteiger partial charge in [0.25, 0.3) is 0 Å². The van der Waals surface area contributed by atoms with Crippen LogP contribution in [0.15, 0.2) is 48.9 Å². The van der Waals surface area contributed by atoms with Gasteiger partial charge in [0.05, 0.1) is 6.07 Å². The molecule has 4 nitrogen and oxygen atoms in total. The van der Waals surface area contributed by atoms with Gasteiger partial charge in [-0.3, -0.25) is 4.98 Å². The van der Waals surface area contributed by atoms with Crippen LogP contribution in [0.5, 0.6) is 11.6 Å². The summed E-state index contributed by atoms with van der Waals surface area (Å²) in [7, 11) is 0. The van der Waals surface area contributed by atoms with Crippen molar-refractivity contribution < 1.29 is 9.13 Å². The molecule has 0 saturated heterocycles. The maximum Gasteiger partial charge on any atom is 0.225 e. The molecule has 0 aliphatic rings. The second kappa shape index (κ2) is 4.37. The van der Waals surface area contributed by atoms with Crippen molar-refractivity contribution in [2.24, 2.45) is 0 Å².